The molecule has 0 bridgehead atoms. The monoisotopic (exact) mass is 338 g/mol. The zero-order valence-corrected chi connectivity index (χ0v) is 14.1. The van der Waals surface area contributed by atoms with Gasteiger partial charge in [-0.25, -0.2) is 4.79 Å². The van der Waals surface area contributed by atoms with E-state index in [0.29, 0.717) is 17.9 Å². The number of ketones is 1. The van der Waals surface area contributed by atoms with Crippen LogP contribution in [0.3, 0.4) is 0 Å². The van der Waals surface area contributed by atoms with Gasteiger partial charge in [0.05, 0.1) is 6.26 Å². The molecule has 0 aliphatic heterocycles. The number of hydrogen-bond acceptors (Lipinski definition) is 5. The van der Waals surface area contributed by atoms with E-state index in [1.807, 2.05) is 18.4 Å². The molecule has 0 saturated carbocycles. The maximum absolute atomic E-state index is 12.3. The molecule has 6 nitrogen and oxygen atoms in total. The molecule has 2 aromatic heterocycles. The smallest absolute Gasteiger partial charge is 0.349 e. The SMILES string of the molecule is C=CCn1c(C)cc(C(=O)COC(=O)/C(C#N)=C/c2ccco2)c1C. The second-order valence-corrected chi connectivity index (χ2v) is 5.37. The molecule has 0 atom stereocenters. The average molecular weight is 338 g/mol. The molecular weight excluding hydrogens is 320 g/mol. The molecular formula is C19H18N2O4. The van der Waals surface area contributed by atoms with Gasteiger partial charge in [0.25, 0.3) is 0 Å². The number of carbonyl (C=O) groups is 2. The summed E-state index contributed by atoms with van der Waals surface area (Å²) in [5.41, 5.74) is 1.95. The van der Waals surface area contributed by atoms with Gasteiger partial charge in [0, 0.05) is 29.6 Å². The molecule has 0 aliphatic carbocycles. The second-order valence-electron chi connectivity index (χ2n) is 5.37. The largest absolute Gasteiger partial charge is 0.465 e. The van der Waals surface area contributed by atoms with Gasteiger partial charge in [-0.15, -0.1) is 6.58 Å². The fraction of sp³-hybridized carbons (Fsp3) is 0.211. The van der Waals surface area contributed by atoms with Crippen LogP contribution in [0.25, 0.3) is 6.08 Å². The Morgan fingerprint density at radius 1 is 1.44 bits per heavy atom. The molecule has 0 N–H and O–H groups in total. The molecule has 2 aromatic rings. The number of rotatable bonds is 7. The molecule has 0 spiro atoms. The highest BCUT2D eigenvalue weighted by Crippen LogP contribution is 2.16. The maximum Gasteiger partial charge on any atom is 0.349 e. The number of hydrogen-bond donors (Lipinski definition) is 0. The first-order chi connectivity index (χ1) is 12.0. The van der Waals surface area contributed by atoms with Crippen LogP contribution in [0, 0.1) is 25.2 Å². The number of esters is 1. The van der Waals surface area contributed by atoms with Crippen molar-refractivity contribution < 1.29 is 18.7 Å². The Morgan fingerprint density at radius 2 is 2.20 bits per heavy atom. The van der Waals surface area contributed by atoms with E-state index in [0.717, 1.165) is 11.4 Å². The van der Waals surface area contributed by atoms with E-state index >= 15 is 0 Å². The van der Waals surface area contributed by atoms with Gasteiger partial charge in [0.2, 0.25) is 5.78 Å². The molecule has 25 heavy (non-hydrogen) atoms. The number of nitrogens with zero attached hydrogens (tertiary/aromatic N) is 2. The molecule has 6 heteroatoms. The molecule has 0 fully saturated rings. The third-order valence-electron chi connectivity index (χ3n) is 3.69. The van der Waals surface area contributed by atoms with Gasteiger partial charge in [-0.1, -0.05) is 6.08 Å². The summed E-state index contributed by atoms with van der Waals surface area (Å²) in [4.78, 5) is 24.3. The summed E-state index contributed by atoms with van der Waals surface area (Å²) in [6.07, 6.45) is 4.43. The predicted molar refractivity (Wildman–Crippen MR) is 91.7 cm³/mol. The summed E-state index contributed by atoms with van der Waals surface area (Å²) >= 11 is 0. The van der Waals surface area contributed by atoms with Crippen LogP contribution >= 0.6 is 0 Å². The summed E-state index contributed by atoms with van der Waals surface area (Å²) in [6, 6.07) is 6.73. The Kier molecular flexibility index (Phi) is 5.75. The fourth-order valence-electron chi connectivity index (χ4n) is 2.43. The van der Waals surface area contributed by atoms with Crippen LogP contribution in [-0.2, 0) is 16.1 Å². The Morgan fingerprint density at radius 3 is 2.80 bits per heavy atom. The van der Waals surface area contributed by atoms with Crippen molar-refractivity contribution >= 4 is 17.8 Å². The molecule has 0 amide bonds. The van der Waals surface area contributed by atoms with Gasteiger partial charge in [-0.05, 0) is 32.0 Å². The minimum atomic E-state index is -0.868. The van der Waals surface area contributed by atoms with E-state index in [4.69, 9.17) is 14.4 Å². The number of nitriles is 1. The van der Waals surface area contributed by atoms with E-state index in [2.05, 4.69) is 6.58 Å². The van der Waals surface area contributed by atoms with E-state index in [9.17, 15) is 9.59 Å². The minimum absolute atomic E-state index is 0.236. The second kappa shape index (κ2) is 7.97. The van der Waals surface area contributed by atoms with Gasteiger partial charge in [0.1, 0.15) is 17.4 Å². The molecule has 0 aromatic carbocycles. The molecule has 128 valence electrons. The zero-order chi connectivity index (χ0) is 18.4. The van der Waals surface area contributed by atoms with E-state index in [1.165, 1.54) is 12.3 Å². The van der Waals surface area contributed by atoms with E-state index in [1.54, 1.807) is 30.3 Å². The van der Waals surface area contributed by atoms with Gasteiger partial charge >= 0.3 is 5.97 Å². The summed E-state index contributed by atoms with van der Waals surface area (Å²) in [6.45, 7) is 7.56. The lowest BCUT2D eigenvalue weighted by molar-refractivity contribution is -0.137. The summed E-state index contributed by atoms with van der Waals surface area (Å²) in [7, 11) is 0. The topological polar surface area (TPSA) is 85.2 Å². The van der Waals surface area contributed by atoms with Crippen molar-refractivity contribution in [3.05, 3.63) is 65.4 Å². The van der Waals surface area contributed by atoms with Gasteiger partial charge in [-0.3, -0.25) is 4.79 Å². The number of ether oxygens (including phenoxy) is 1. The van der Waals surface area contributed by atoms with Crippen LogP contribution < -0.4 is 0 Å². The summed E-state index contributed by atoms with van der Waals surface area (Å²) in [5, 5.41) is 9.06. The van der Waals surface area contributed by atoms with E-state index in [-0.39, 0.29) is 11.4 Å². The Hall–Kier alpha value is -3.33. The third-order valence-corrected chi connectivity index (χ3v) is 3.69. The molecule has 2 heterocycles. The van der Waals surface area contributed by atoms with Crippen LogP contribution in [0.4, 0.5) is 0 Å². The number of allylic oxidation sites excluding steroid dienone is 1. The Bertz CT molecular complexity index is 864. The molecule has 0 radical (unpaired) electrons. The first-order valence-corrected chi connectivity index (χ1v) is 7.61. The first kappa shape index (κ1) is 18.0. The van der Waals surface area contributed by atoms with Crippen LogP contribution in [0.2, 0.25) is 0 Å². The van der Waals surface area contributed by atoms with E-state index < -0.39 is 12.6 Å². The number of furan rings is 1. The van der Waals surface area contributed by atoms with Crippen LogP contribution in [-0.4, -0.2) is 22.9 Å². The third kappa shape index (κ3) is 4.15. The number of carbonyl (C=O) groups excluding carboxylic acids is 2. The maximum atomic E-state index is 12.3. The molecule has 2 rings (SSSR count). The highest BCUT2D eigenvalue weighted by Gasteiger charge is 2.18. The fourth-order valence-corrected chi connectivity index (χ4v) is 2.43. The average Bonchev–Trinajstić information content (AvgIpc) is 3.20. The lowest BCUT2D eigenvalue weighted by Gasteiger charge is -2.06. The quantitative estimate of drug-likeness (QED) is 0.254. The lowest BCUT2D eigenvalue weighted by atomic mass is 10.1. The first-order valence-electron chi connectivity index (χ1n) is 7.61. The van der Waals surface area contributed by atoms with Crippen molar-refractivity contribution in [1.29, 1.82) is 5.26 Å². The zero-order valence-electron chi connectivity index (χ0n) is 14.1. The Balaban J connectivity index is 2.07. The van der Waals surface area contributed by atoms with Crippen molar-refractivity contribution in [3.8, 4) is 6.07 Å². The summed E-state index contributed by atoms with van der Waals surface area (Å²) < 4.78 is 12.0. The van der Waals surface area contributed by atoms with Crippen molar-refractivity contribution in [2.75, 3.05) is 6.61 Å². The van der Waals surface area contributed by atoms with Crippen LogP contribution in [0.1, 0.15) is 27.5 Å². The number of Topliss-reactive ketones (excluding diaryl/α,β-unsaturated/α-hetero) is 1. The normalized spacial score (nSPS) is 11.0. The number of aromatic nitrogens is 1. The van der Waals surface area contributed by atoms with Gasteiger partial charge < -0.3 is 13.7 Å². The highest BCUT2D eigenvalue weighted by atomic mass is 16.5. The van der Waals surface area contributed by atoms with Crippen molar-refractivity contribution in [2.24, 2.45) is 0 Å². The number of aryl methyl sites for hydroxylation is 1. The Labute approximate surface area is 145 Å². The standard InChI is InChI=1S/C19H18N2O4/c1-4-7-21-13(2)9-17(14(21)3)18(22)12-25-19(23)15(11-20)10-16-6-5-8-24-16/h4-6,8-10H,1,7,12H2,2-3H3/b15-10+. The van der Waals surface area contributed by atoms with Gasteiger partial charge in [-0.2, -0.15) is 5.26 Å². The van der Waals surface area contributed by atoms with Gasteiger partial charge in [0.15, 0.2) is 6.61 Å². The lowest BCUT2D eigenvalue weighted by Crippen LogP contribution is -2.16. The van der Waals surface area contributed by atoms with Crippen LogP contribution in [0.15, 0.2) is 47.1 Å². The molecule has 0 saturated heterocycles. The van der Waals surface area contributed by atoms with Crippen molar-refractivity contribution in [1.82, 2.24) is 4.57 Å². The summed E-state index contributed by atoms with van der Waals surface area (Å²) in [5.74, 6) is -0.841. The molecule has 0 aliphatic rings. The van der Waals surface area contributed by atoms with Crippen molar-refractivity contribution in [3.63, 3.8) is 0 Å². The minimum Gasteiger partial charge on any atom is -0.465 e. The predicted octanol–water partition coefficient (Wildman–Crippen LogP) is 3.22. The highest BCUT2D eigenvalue weighted by molar-refractivity contribution is 6.02. The molecule has 0 unspecified atom stereocenters. The van der Waals surface area contributed by atoms with Crippen molar-refractivity contribution in [2.45, 2.75) is 20.4 Å². The van der Waals surface area contributed by atoms with Crippen LogP contribution in [0.5, 0.6) is 0 Å².